The summed E-state index contributed by atoms with van der Waals surface area (Å²) in [5, 5.41) is 8.66. The lowest BCUT2D eigenvalue weighted by molar-refractivity contribution is -0.116. The van der Waals surface area contributed by atoms with Crippen LogP contribution in [0, 0.1) is 0 Å². The zero-order valence-electron chi connectivity index (χ0n) is 10.6. The molecule has 0 unspecified atom stereocenters. The lowest BCUT2D eigenvalue weighted by Gasteiger charge is -2.21. The Balaban J connectivity index is 1.70. The number of hydrogen-bond acceptors (Lipinski definition) is 4. The molecule has 4 heteroatoms. The molecule has 18 heavy (non-hydrogen) atoms. The predicted octanol–water partition coefficient (Wildman–Crippen LogP) is 2.30. The van der Waals surface area contributed by atoms with E-state index in [-0.39, 0.29) is 0 Å². The summed E-state index contributed by atoms with van der Waals surface area (Å²) < 4.78 is 0. The maximum absolute atomic E-state index is 11.3. The van der Waals surface area contributed by atoms with E-state index in [1.165, 1.54) is 32.1 Å². The van der Waals surface area contributed by atoms with Gasteiger partial charge >= 0.3 is 0 Å². The van der Waals surface area contributed by atoms with Crippen molar-refractivity contribution in [3.8, 4) is 0 Å². The first-order valence-corrected chi connectivity index (χ1v) is 6.93. The summed E-state index contributed by atoms with van der Waals surface area (Å²) in [7, 11) is 0. The molecule has 1 aromatic rings. The van der Waals surface area contributed by atoms with Gasteiger partial charge in [0.15, 0.2) is 11.6 Å². The molecule has 2 heterocycles. The minimum Gasteiger partial charge on any atom is -0.347 e. The molecule has 4 nitrogen and oxygen atoms in total. The Hall–Kier alpha value is -1.45. The van der Waals surface area contributed by atoms with Gasteiger partial charge in [0, 0.05) is 18.9 Å². The maximum Gasteiger partial charge on any atom is 0.153 e. The average Bonchev–Trinajstić information content (AvgIpc) is 2.87. The molecule has 0 bridgehead atoms. The molecule has 0 radical (unpaired) electrons. The summed E-state index contributed by atoms with van der Waals surface area (Å²) in [4.78, 5) is 13.3. The number of hydrogen-bond donors (Lipinski definition) is 0. The second kappa shape index (κ2) is 5.04. The number of anilines is 1. The van der Waals surface area contributed by atoms with E-state index >= 15 is 0 Å². The quantitative estimate of drug-likeness (QED) is 0.802. The van der Waals surface area contributed by atoms with Gasteiger partial charge in [0.2, 0.25) is 0 Å². The molecule has 1 aliphatic heterocycles. The molecular formula is C14H19N3O. The Bertz CT molecular complexity index is 423. The lowest BCUT2D eigenvalue weighted by Crippen LogP contribution is -2.21. The van der Waals surface area contributed by atoms with Crippen LogP contribution in [0.3, 0.4) is 0 Å². The molecule has 1 aromatic heterocycles. The molecular weight excluding hydrogens is 226 g/mol. The Kier molecular flexibility index (Phi) is 3.26. The minimum atomic E-state index is 0.299. The van der Waals surface area contributed by atoms with Crippen LogP contribution in [0.25, 0.3) is 0 Å². The lowest BCUT2D eigenvalue weighted by atomic mass is 9.87. The monoisotopic (exact) mass is 245 g/mol. The van der Waals surface area contributed by atoms with E-state index in [2.05, 4.69) is 16.3 Å². The van der Waals surface area contributed by atoms with Crippen LogP contribution >= 0.6 is 0 Å². The number of carbonyl (C=O) groups excluding carboxylic acids is 1. The molecule has 0 atom stereocenters. The Morgan fingerprint density at radius 2 is 1.94 bits per heavy atom. The molecule has 2 fully saturated rings. The molecule has 96 valence electrons. The number of Topliss-reactive ketones (excluding diaryl/α,β-unsaturated/α-hetero) is 1. The van der Waals surface area contributed by atoms with Crippen molar-refractivity contribution < 1.29 is 4.79 Å². The fourth-order valence-electron chi connectivity index (χ4n) is 2.95. The first-order valence-electron chi connectivity index (χ1n) is 6.93. The van der Waals surface area contributed by atoms with E-state index in [1.54, 1.807) is 0 Å². The third-order valence-corrected chi connectivity index (χ3v) is 4.05. The van der Waals surface area contributed by atoms with Crippen LogP contribution in [-0.4, -0.2) is 29.1 Å². The van der Waals surface area contributed by atoms with Crippen LogP contribution < -0.4 is 4.90 Å². The van der Waals surface area contributed by atoms with E-state index in [0.29, 0.717) is 24.7 Å². The Morgan fingerprint density at radius 3 is 2.56 bits per heavy atom. The third-order valence-electron chi connectivity index (χ3n) is 4.05. The van der Waals surface area contributed by atoms with Gasteiger partial charge in [0.25, 0.3) is 0 Å². The van der Waals surface area contributed by atoms with Crippen molar-refractivity contribution in [2.75, 3.05) is 18.0 Å². The smallest absolute Gasteiger partial charge is 0.153 e. The van der Waals surface area contributed by atoms with Crippen molar-refractivity contribution in [3.63, 3.8) is 0 Å². The topological polar surface area (TPSA) is 46.1 Å². The highest BCUT2D eigenvalue weighted by Crippen LogP contribution is 2.31. The van der Waals surface area contributed by atoms with Gasteiger partial charge in [-0.15, -0.1) is 5.10 Å². The first-order chi connectivity index (χ1) is 8.83. The van der Waals surface area contributed by atoms with Crippen molar-refractivity contribution in [2.45, 2.75) is 44.4 Å². The Labute approximate surface area is 107 Å². The summed E-state index contributed by atoms with van der Waals surface area (Å²) in [5.41, 5.74) is 1.13. The van der Waals surface area contributed by atoms with Crippen LogP contribution in [0.15, 0.2) is 12.1 Å². The van der Waals surface area contributed by atoms with Crippen LogP contribution in [-0.2, 0) is 4.79 Å². The van der Waals surface area contributed by atoms with Gasteiger partial charge in [0.05, 0.1) is 12.2 Å². The normalized spacial score (nSPS) is 21.6. The summed E-state index contributed by atoms with van der Waals surface area (Å²) >= 11 is 0. The number of rotatable bonds is 2. The molecule has 0 amide bonds. The predicted molar refractivity (Wildman–Crippen MR) is 69.7 cm³/mol. The van der Waals surface area contributed by atoms with Gasteiger partial charge < -0.3 is 4.90 Å². The van der Waals surface area contributed by atoms with Crippen molar-refractivity contribution in [3.05, 3.63) is 17.8 Å². The van der Waals surface area contributed by atoms with Crippen molar-refractivity contribution >= 4 is 11.6 Å². The number of nitrogens with zero attached hydrogens (tertiary/aromatic N) is 3. The molecule has 0 N–H and O–H groups in total. The van der Waals surface area contributed by atoms with Gasteiger partial charge in [-0.1, -0.05) is 19.3 Å². The van der Waals surface area contributed by atoms with E-state index in [4.69, 9.17) is 0 Å². The van der Waals surface area contributed by atoms with Gasteiger partial charge in [-0.2, -0.15) is 5.10 Å². The first kappa shape index (κ1) is 11.6. The van der Waals surface area contributed by atoms with Gasteiger partial charge in [-0.05, 0) is 25.0 Å². The molecule has 0 aromatic carbocycles. The largest absolute Gasteiger partial charge is 0.347 e. The van der Waals surface area contributed by atoms with Gasteiger partial charge in [0.1, 0.15) is 0 Å². The summed E-state index contributed by atoms with van der Waals surface area (Å²) in [6.07, 6.45) is 7.12. The molecule has 1 saturated heterocycles. The average molecular weight is 245 g/mol. The maximum atomic E-state index is 11.3. The van der Waals surface area contributed by atoms with Crippen molar-refractivity contribution in [1.29, 1.82) is 0 Å². The highest BCUT2D eigenvalue weighted by atomic mass is 16.1. The van der Waals surface area contributed by atoms with Crippen molar-refractivity contribution in [2.24, 2.45) is 0 Å². The standard InChI is InChI=1S/C14H19N3O/c18-12-8-9-17(10-12)14-7-6-13(15-16-14)11-4-2-1-3-5-11/h6-7,11H,1-5,8-10H2. The van der Waals surface area contributed by atoms with Gasteiger partial charge in [-0.25, -0.2) is 0 Å². The third kappa shape index (κ3) is 2.37. The molecule has 0 spiro atoms. The van der Waals surface area contributed by atoms with Gasteiger partial charge in [-0.3, -0.25) is 4.79 Å². The van der Waals surface area contributed by atoms with E-state index < -0.39 is 0 Å². The molecule has 2 aliphatic rings. The van der Waals surface area contributed by atoms with Crippen LogP contribution in [0.4, 0.5) is 5.82 Å². The van der Waals surface area contributed by atoms with E-state index in [9.17, 15) is 4.79 Å². The number of ketones is 1. The van der Waals surface area contributed by atoms with E-state index in [1.807, 2.05) is 11.0 Å². The van der Waals surface area contributed by atoms with Crippen LogP contribution in [0.5, 0.6) is 0 Å². The summed E-state index contributed by atoms with van der Waals surface area (Å²) in [6.45, 7) is 1.29. The summed E-state index contributed by atoms with van der Waals surface area (Å²) in [5.74, 6) is 1.74. The zero-order chi connectivity index (χ0) is 12.4. The fraction of sp³-hybridized carbons (Fsp3) is 0.643. The summed E-state index contributed by atoms with van der Waals surface area (Å²) in [6, 6.07) is 4.12. The SMILES string of the molecule is O=C1CCN(c2ccc(C3CCCCC3)nn2)C1. The fourth-order valence-corrected chi connectivity index (χ4v) is 2.95. The van der Waals surface area contributed by atoms with Crippen LogP contribution in [0.2, 0.25) is 0 Å². The van der Waals surface area contributed by atoms with E-state index in [0.717, 1.165) is 18.1 Å². The minimum absolute atomic E-state index is 0.299. The van der Waals surface area contributed by atoms with Crippen molar-refractivity contribution in [1.82, 2.24) is 10.2 Å². The molecule has 1 saturated carbocycles. The second-order valence-corrected chi connectivity index (χ2v) is 5.36. The highest BCUT2D eigenvalue weighted by Gasteiger charge is 2.22. The molecule has 3 rings (SSSR count). The number of carbonyl (C=O) groups is 1. The Morgan fingerprint density at radius 1 is 1.11 bits per heavy atom. The van der Waals surface area contributed by atoms with Crippen LogP contribution in [0.1, 0.15) is 50.1 Å². The zero-order valence-corrected chi connectivity index (χ0v) is 10.6. The highest BCUT2D eigenvalue weighted by molar-refractivity contribution is 5.86. The number of aromatic nitrogens is 2. The molecule has 1 aliphatic carbocycles. The second-order valence-electron chi connectivity index (χ2n) is 5.36.